The number of nitrogens with zero attached hydrogens (tertiary/aromatic N) is 3. The number of urea groups is 1. The first kappa shape index (κ1) is 23.0. The van der Waals surface area contributed by atoms with Crippen LogP contribution in [-0.4, -0.2) is 53.1 Å². The number of rotatable bonds is 8. The van der Waals surface area contributed by atoms with Crippen molar-refractivity contribution in [2.24, 2.45) is 7.05 Å². The predicted octanol–water partition coefficient (Wildman–Crippen LogP) is 4.05. The molecule has 0 radical (unpaired) electrons. The molecule has 2 amide bonds. The molecule has 0 unspecified atom stereocenters. The van der Waals surface area contributed by atoms with E-state index in [9.17, 15) is 18.7 Å². The molecule has 0 saturated carbocycles. The van der Waals surface area contributed by atoms with E-state index in [1.807, 2.05) is 19.0 Å². The highest BCUT2D eigenvalue weighted by Gasteiger charge is 2.17. The summed E-state index contributed by atoms with van der Waals surface area (Å²) >= 11 is 0. The van der Waals surface area contributed by atoms with Crippen LogP contribution >= 0.6 is 0 Å². The minimum absolute atomic E-state index is 0.208. The van der Waals surface area contributed by atoms with Crippen molar-refractivity contribution in [3.63, 3.8) is 0 Å². The third-order valence-electron chi connectivity index (χ3n) is 4.60. The molecular formula is C22H25F2N5O3. The molecule has 0 atom stereocenters. The van der Waals surface area contributed by atoms with Gasteiger partial charge in [0.05, 0.1) is 12.8 Å². The SMILES string of the molecule is CN(C)CCCOc1ccc(NC(=O)Nc2ccc(F)c(O)c2)cc1-c1c(F)cnn1C. The summed E-state index contributed by atoms with van der Waals surface area (Å²) in [6.45, 7) is 1.28. The van der Waals surface area contributed by atoms with Crippen LogP contribution in [0.15, 0.2) is 42.6 Å². The van der Waals surface area contributed by atoms with Gasteiger partial charge in [-0.3, -0.25) is 4.68 Å². The number of phenolic OH excluding ortho intramolecular Hbond substituents is 1. The largest absolute Gasteiger partial charge is 0.505 e. The Morgan fingerprint density at radius 2 is 1.81 bits per heavy atom. The van der Waals surface area contributed by atoms with Crippen LogP contribution in [0, 0.1) is 11.6 Å². The monoisotopic (exact) mass is 445 g/mol. The van der Waals surface area contributed by atoms with E-state index in [-0.39, 0.29) is 11.4 Å². The number of hydrogen-bond acceptors (Lipinski definition) is 5. The van der Waals surface area contributed by atoms with E-state index in [0.717, 1.165) is 31.3 Å². The molecule has 32 heavy (non-hydrogen) atoms. The first-order chi connectivity index (χ1) is 15.2. The summed E-state index contributed by atoms with van der Waals surface area (Å²) < 4.78 is 34.9. The van der Waals surface area contributed by atoms with Crippen LogP contribution in [0.5, 0.6) is 11.5 Å². The Morgan fingerprint density at radius 3 is 2.44 bits per heavy atom. The van der Waals surface area contributed by atoms with Crippen molar-refractivity contribution < 1.29 is 23.4 Å². The minimum atomic E-state index is -0.792. The van der Waals surface area contributed by atoms with Gasteiger partial charge in [0.2, 0.25) is 0 Å². The molecule has 3 aromatic rings. The average Bonchev–Trinajstić information content (AvgIpc) is 3.06. The van der Waals surface area contributed by atoms with Gasteiger partial charge in [0.1, 0.15) is 11.4 Å². The van der Waals surface area contributed by atoms with Crippen LogP contribution in [0.25, 0.3) is 11.3 Å². The van der Waals surface area contributed by atoms with E-state index in [2.05, 4.69) is 15.7 Å². The number of ether oxygens (including phenoxy) is 1. The van der Waals surface area contributed by atoms with Crippen molar-refractivity contribution in [2.45, 2.75) is 6.42 Å². The second kappa shape index (κ2) is 10.1. The number of aryl methyl sites for hydroxylation is 1. The standard InChI is InChI=1S/C22H25F2N5O3/c1-28(2)9-4-10-32-20-8-6-14(11-16(20)21-18(24)13-25-29(21)3)26-22(31)27-15-5-7-17(23)19(30)12-15/h5-8,11-13,30H,4,9-10H2,1-3H3,(H2,26,27,31). The second-order valence-electron chi connectivity index (χ2n) is 7.43. The summed E-state index contributed by atoms with van der Waals surface area (Å²) in [6.07, 6.45) is 1.90. The first-order valence-corrected chi connectivity index (χ1v) is 9.90. The molecule has 1 aromatic heterocycles. The van der Waals surface area contributed by atoms with E-state index in [0.29, 0.717) is 23.6 Å². The van der Waals surface area contributed by atoms with E-state index >= 15 is 0 Å². The van der Waals surface area contributed by atoms with Gasteiger partial charge >= 0.3 is 6.03 Å². The number of aromatic hydroxyl groups is 1. The number of carbonyl (C=O) groups excluding carboxylic acids is 1. The molecule has 0 saturated heterocycles. The highest BCUT2D eigenvalue weighted by Crippen LogP contribution is 2.34. The minimum Gasteiger partial charge on any atom is -0.505 e. The predicted molar refractivity (Wildman–Crippen MR) is 118 cm³/mol. The molecule has 8 nitrogen and oxygen atoms in total. The third-order valence-corrected chi connectivity index (χ3v) is 4.60. The van der Waals surface area contributed by atoms with Crippen LogP contribution < -0.4 is 15.4 Å². The lowest BCUT2D eigenvalue weighted by Crippen LogP contribution is -2.19. The molecule has 0 aliphatic carbocycles. The number of amides is 2. The van der Waals surface area contributed by atoms with E-state index < -0.39 is 23.4 Å². The molecule has 170 valence electrons. The Morgan fingerprint density at radius 1 is 1.12 bits per heavy atom. The van der Waals surface area contributed by atoms with E-state index in [1.165, 1.54) is 10.7 Å². The van der Waals surface area contributed by atoms with E-state index in [4.69, 9.17) is 4.74 Å². The summed E-state index contributed by atoms with van der Waals surface area (Å²) in [6, 6.07) is 7.69. The molecule has 2 aromatic carbocycles. The van der Waals surface area contributed by atoms with Crippen LogP contribution in [0.3, 0.4) is 0 Å². The Kier molecular flexibility index (Phi) is 7.26. The van der Waals surface area contributed by atoms with Gasteiger partial charge in [-0.25, -0.2) is 13.6 Å². The number of phenols is 1. The summed E-state index contributed by atoms with van der Waals surface area (Å²) in [4.78, 5) is 14.4. The second-order valence-corrected chi connectivity index (χ2v) is 7.43. The summed E-state index contributed by atoms with van der Waals surface area (Å²) in [5.41, 5.74) is 1.25. The lowest BCUT2D eigenvalue weighted by Gasteiger charge is -2.15. The average molecular weight is 445 g/mol. The molecule has 10 heteroatoms. The van der Waals surface area contributed by atoms with Gasteiger partial charge in [0.25, 0.3) is 0 Å². The maximum atomic E-state index is 14.4. The van der Waals surface area contributed by atoms with Crippen molar-refractivity contribution in [3.05, 3.63) is 54.2 Å². The van der Waals surface area contributed by atoms with Crippen LogP contribution in [0.2, 0.25) is 0 Å². The van der Waals surface area contributed by atoms with Gasteiger partial charge in [-0.05, 0) is 50.8 Å². The summed E-state index contributed by atoms with van der Waals surface area (Å²) in [5, 5.41) is 18.5. The topological polar surface area (TPSA) is 91.7 Å². The molecule has 1 heterocycles. The number of halogens is 2. The number of nitrogens with one attached hydrogen (secondary N) is 2. The van der Waals surface area contributed by atoms with Crippen molar-refractivity contribution in [3.8, 4) is 22.8 Å². The fraction of sp³-hybridized carbons (Fsp3) is 0.273. The first-order valence-electron chi connectivity index (χ1n) is 9.90. The van der Waals surface area contributed by atoms with Crippen molar-refractivity contribution >= 4 is 17.4 Å². The zero-order valence-corrected chi connectivity index (χ0v) is 18.0. The highest BCUT2D eigenvalue weighted by molar-refractivity contribution is 6.00. The van der Waals surface area contributed by atoms with Gasteiger partial charge in [-0.2, -0.15) is 5.10 Å². The zero-order chi connectivity index (χ0) is 23.3. The highest BCUT2D eigenvalue weighted by atomic mass is 19.1. The Bertz CT molecular complexity index is 1080. The van der Waals surface area contributed by atoms with Gasteiger partial charge in [-0.1, -0.05) is 0 Å². The van der Waals surface area contributed by atoms with Crippen LogP contribution in [-0.2, 0) is 7.05 Å². The Labute approximate surface area is 184 Å². The smallest absolute Gasteiger partial charge is 0.323 e. The molecule has 3 rings (SSSR count). The van der Waals surface area contributed by atoms with Crippen molar-refractivity contribution in [2.75, 3.05) is 37.9 Å². The number of benzene rings is 2. The Hall–Kier alpha value is -3.66. The molecule has 0 spiro atoms. The number of carbonyl (C=O) groups is 1. The van der Waals surface area contributed by atoms with Crippen LogP contribution in [0.4, 0.5) is 25.0 Å². The van der Waals surface area contributed by atoms with Crippen molar-refractivity contribution in [1.82, 2.24) is 14.7 Å². The number of hydrogen-bond donors (Lipinski definition) is 3. The lowest BCUT2D eigenvalue weighted by atomic mass is 10.1. The maximum absolute atomic E-state index is 14.4. The normalized spacial score (nSPS) is 10.9. The van der Waals surface area contributed by atoms with Crippen molar-refractivity contribution in [1.29, 1.82) is 0 Å². The van der Waals surface area contributed by atoms with Gasteiger partial charge in [0.15, 0.2) is 17.4 Å². The molecular weight excluding hydrogens is 420 g/mol. The number of anilines is 2. The molecule has 0 aliphatic heterocycles. The maximum Gasteiger partial charge on any atom is 0.323 e. The molecule has 3 N–H and O–H groups in total. The zero-order valence-electron chi connectivity index (χ0n) is 18.0. The number of aromatic nitrogens is 2. The Balaban J connectivity index is 1.80. The lowest BCUT2D eigenvalue weighted by molar-refractivity contribution is 0.262. The summed E-state index contributed by atoms with van der Waals surface area (Å²) in [5.74, 6) is -1.43. The quantitative estimate of drug-likeness (QED) is 0.455. The van der Waals surface area contributed by atoms with Crippen LogP contribution in [0.1, 0.15) is 6.42 Å². The molecule has 0 fully saturated rings. The molecule has 0 bridgehead atoms. The van der Waals surface area contributed by atoms with Gasteiger partial charge in [0, 0.05) is 36.6 Å². The van der Waals surface area contributed by atoms with Gasteiger partial charge in [-0.15, -0.1) is 0 Å². The van der Waals surface area contributed by atoms with Gasteiger partial charge < -0.3 is 25.4 Å². The van der Waals surface area contributed by atoms with E-state index in [1.54, 1.807) is 25.2 Å². The fourth-order valence-corrected chi connectivity index (χ4v) is 3.08. The molecule has 0 aliphatic rings. The third kappa shape index (κ3) is 5.73. The fourth-order valence-electron chi connectivity index (χ4n) is 3.08. The summed E-state index contributed by atoms with van der Waals surface area (Å²) in [7, 11) is 5.55.